The van der Waals surface area contributed by atoms with Crippen molar-refractivity contribution in [3.05, 3.63) is 35.8 Å². The van der Waals surface area contributed by atoms with Crippen LogP contribution in [0.1, 0.15) is 44.1 Å². The van der Waals surface area contributed by atoms with Crippen molar-refractivity contribution in [1.29, 1.82) is 0 Å². The first-order valence-electron chi connectivity index (χ1n) is 9.69. The summed E-state index contributed by atoms with van der Waals surface area (Å²) in [4.78, 5) is 18.3. The van der Waals surface area contributed by atoms with E-state index in [0.717, 1.165) is 43.2 Å². The summed E-state index contributed by atoms with van der Waals surface area (Å²) in [6.07, 6.45) is 8.21. The first-order valence-corrected chi connectivity index (χ1v) is 9.69. The minimum atomic E-state index is -0.219. The van der Waals surface area contributed by atoms with Gasteiger partial charge in [-0.15, -0.1) is 0 Å². The summed E-state index contributed by atoms with van der Waals surface area (Å²) in [6.45, 7) is 0. The Morgan fingerprint density at radius 2 is 2.08 bits per heavy atom. The summed E-state index contributed by atoms with van der Waals surface area (Å²) in [5, 5.41) is 0.624. The van der Waals surface area contributed by atoms with Crippen LogP contribution in [0.5, 0.6) is 0 Å². The molecule has 1 amide bonds. The van der Waals surface area contributed by atoms with Crippen molar-refractivity contribution in [2.75, 3.05) is 7.11 Å². The molecule has 2 atom stereocenters. The molecule has 0 spiro atoms. The van der Waals surface area contributed by atoms with Crippen LogP contribution in [0.2, 0.25) is 0 Å². The monoisotopic (exact) mass is 356 g/mol. The van der Waals surface area contributed by atoms with Gasteiger partial charge in [0.15, 0.2) is 0 Å². The Morgan fingerprint density at radius 3 is 2.81 bits per heavy atom. The van der Waals surface area contributed by atoms with E-state index in [9.17, 15) is 9.18 Å². The fourth-order valence-electron chi connectivity index (χ4n) is 5.99. The number of carbonyl (C=O) groups is 1. The van der Waals surface area contributed by atoms with Crippen molar-refractivity contribution >= 4 is 16.8 Å². The lowest BCUT2D eigenvalue weighted by molar-refractivity contribution is -0.183. The van der Waals surface area contributed by atoms with E-state index >= 15 is 0 Å². The molecule has 5 heteroatoms. The maximum Gasteiger partial charge on any atom is 0.223 e. The van der Waals surface area contributed by atoms with E-state index in [2.05, 4.69) is 9.88 Å². The van der Waals surface area contributed by atoms with Crippen LogP contribution in [-0.4, -0.2) is 40.6 Å². The quantitative estimate of drug-likeness (QED) is 0.906. The van der Waals surface area contributed by atoms with E-state index in [1.54, 1.807) is 6.07 Å². The van der Waals surface area contributed by atoms with Crippen LogP contribution in [-0.2, 0) is 16.0 Å². The van der Waals surface area contributed by atoms with Crippen LogP contribution in [0, 0.1) is 11.7 Å². The van der Waals surface area contributed by atoms with Gasteiger partial charge in [0.1, 0.15) is 5.82 Å². The molecule has 1 N–H and O–H groups in total. The Bertz CT molecular complexity index is 845. The van der Waals surface area contributed by atoms with Crippen molar-refractivity contribution in [3.8, 4) is 0 Å². The highest BCUT2D eigenvalue weighted by Gasteiger charge is 2.55. The van der Waals surface area contributed by atoms with Crippen LogP contribution >= 0.6 is 0 Å². The fraction of sp³-hybridized carbons (Fsp3) is 0.571. The third-order valence-corrected chi connectivity index (χ3v) is 6.94. The number of ether oxygens (including phenoxy) is 1. The SMILES string of the molecule is COC12CC3CC(C1)N(C(=O)CCc1c[nH]c4cccc(F)c14)C(C3)C2. The second-order valence-electron chi connectivity index (χ2n) is 8.42. The smallest absolute Gasteiger partial charge is 0.223 e. The molecule has 6 rings (SSSR count). The number of hydrogen-bond donors (Lipinski definition) is 1. The highest BCUT2D eigenvalue weighted by molar-refractivity contribution is 5.85. The molecule has 2 unspecified atom stereocenters. The Hall–Kier alpha value is -1.88. The molecule has 4 fully saturated rings. The van der Waals surface area contributed by atoms with Gasteiger partial charge in [0.2, 0.25) is 5.91 Å². The summed E-state index contributed by atoms with van der Waals surface area (Å²) in [5.74, 6) is 0.707. The van der Waals surface area contributed by atoms with Crippen LogP contribution in [0.3, 0.4) is 0 Å². The molecule has 4 nitrogen and oxygen atoms in total. The van der Waals surface area contributed by atoms with E-state index in [4.69, 9.17) is 4.74 Å². The maximum absolute atomic E-state index is 14.1. The molecule has 1 aromatic heterocycles. The second-order valence-corrected chi connectivity index (χ2v) is 8.42. The number of fused-ring (bicyclic) bond motifs is 1. The van der Waals surface area contributed by atoms with Crippen LogP contribution < -0.4 is 0 Å². The fourth-order valence-corrected chi connectivity index (χ4v) is 5.99. The first-order chi connectivity index (χ1) is 12.6. The number of piperidine rings is 2. The minimum absolute atomic E-state index is 0.00719. The topological polar surface area (TPSA) is 45.3 Å². The number of halogens is 1. The first kappa shape index (κ1) is 16.3. The van der Waals surface area contributed by atoms with Crippen LogP contribution in [0.15, 0.2) is 24.4 Å². The number of aryl methyl sites for hydroxylation is 1. The molecule has 2 saturated carbocycles. The standard InChI is InChI=1S/C21H25FN2O2/c1-26-21-9-13-7-15(10-21)24(16(8-13)11-21)19(25)6-5-14-12-23-18-4-2-3-17(22)20(14)18/h2-4,12-13,15-16,23H,5-11H2,1H3. The molecule has 0 radical (unpaired) electrons. The largest absolute Gasteiger partial charge is 0.378 e. The molecule has 2 aliphatic carbocycles. The molecule has 2 saturated heterocycles. The number of amides is 1. The van der Waals surface area contributed by atoms with Gasteiger partial charge < -0.3 is 14.6 Å². The van der Waals surface area contributed by atoms with Crippen molar-refractivity contribution < 1.29 is 13.9 Å². The number of aromatic nitrogens is 1. The van der Waals surface area contributed by atoms with Gasteiger partial charge in [-0.3, -0.25) is 4.79 Å². The van der Waals surface area contributed by atoms with Gasteiger partial charge in [-0.1, -0.05) is 6.07 Å². The summed E-state index contributed by atoms with van der Waals surface area (Å²) in [6, 6.07) is 5.71. The Balaban J connectivity index is 1.32. The van der Waals surface area contributed by atoms with E-state index in [-0.39, 0.29) is 17.3 Å². The Morgan fingerprint density at radius 1 is 1.31 bits per heavy atom. The molecule has 3 heterocycles. The lowest BCUT2D eigenvalue weighted by Gasteiger charge is -2.61. The number of nitrogens with one attached hydrogen (secondary N) is 1. The maximum atomic E-state index is 14.1. The number of H-pyrrole nitrogens is 1. The normalized spacial score (nSPS) is 32.5. The third-order valence-electron chi connectivity index (χ3n) is 6.94. The van der Waals surface area contributed by atoms with E-state index < -0.39 is 0 Å². The molecule has 26 heavy (non-hydrogen) atoms. The van der Waals surface area contributed by atoms with Gasteiger partial charge in [-0.05, 0) is 62.1 Å². The minimum Gasteiger partial charge on any atom is -0.378 e. The summed E-state index contributed by atoms with van der Waals surface area (Å²) < 4.78 is 20.0. The molecular weight excluding hydrogens is 331 g/mol. The van der Waals surface area contributed by atoms with E-state index in [0.29, 0.717) is 36.2 Å². The summed E-state index contributed by atoms with van der Waals surface area (Å²) in [7, 11) is 1.82. The highest BCUT2D eigenvalue weighted by atomic mass is 19.1. The zero-order valence-electron chi connectivity index (χ0n) is 15.1. The van der Waals surface area contributed by atoms with Gasteiger partial charge in [-0.25, -0.2) is 4.39 Å². The number of methoxy groups -OCH3 is 1. The predicted octanol–water partition coefficient (Wildman–Crippen LogP) is 3.80. The van der Waals surface area contributed by atoms with E-state index in [1.165, 1.54) is 6.07 Å². The van der Waals surface area contributed by atoms with Crippen molar-refractivity contribution in [3.63, 3.8) is 0 Å². The lowest BCUT2D eigenvalue weighted by Crippen LogP contribution is -2.66. The van der Waals surface area contributed by atoms with Gasteiger partial charge >= 0.3 is 0 Å². The van der Waals surface area contributed by atoms with Gasteiger partial charge in [-0.2, -0.15) is 0 Å². The number of carbonyl (C=O) groups excluding carboxylic acids is 1. The Labute approximate surface area is 152 Å². The third kappa shape index (κ3) is 2.40. The van der Waals surface area contributed by atoms with Crippen LogP contribution in [0.25, 0.3) is 10.9 Å². The summed E-state index contributed by atoms with van der Waals surface area (Å²) >= 11 is 0. The molecule has 4 bridgehead atoms. The number of nitrogens with zero attached hydrogens (tertiary/aromatic N) is 1. The summed E-state index contributed by atoms with van der Waals surface area (Å²) in [5.41, 5.74) is 1.70. The molecule has 4 aliphatic rings. The lowest BCUT2D eigenvalue weighted by atomic mass is 9.61. The van der Waals surface area contributed by atoms with Crippen molar-refractivity contribution in [1.82, 2.24) is 9.88 Å². The number of hydrogen-bond acceptors (Lipinski definition) is 2. The molecule has 2 aliphatic heterocycles. The average Bonchev–Trinajstić information content (AvgIpc) is 3.03. The average molecular weight is 356 g/mol. The second kappa shape index (κ2) is 5.81. The van der Waals surface area contributed by atoms with Gasteiger partial charge in [0.25, 0.3) is 0 Å². The Kier molecular flexibility index (Phi) is 3.64. The number of benzene rings is 1. The zero-order chi connectivity index (χ0) is 17.9. The van der Waals surface area contributed by atoms with Crippen molar-refractivity contribution in [2.45, 2.75) is 62.6 Å². The molecule has 2 aromatic rings. The van der Waals surface area contributed by atoms with Crippen molar-refractivity contribution in [2.24, 2.45) is 5.92 Å². The van der Waals surface area contributed by atoms with Gasteiger partial charge in [0.05, 0.1) is 5.60 Å². The van der Waals surface area contributed by atoms with E-state index in [1.807, 2.05) is 19.4 Å². The molecule has 138 valence electrons. The number of rotatable bonds is 4. The predicted molar refractivity (Wildman–Crippen MR) is 97.3 cm³/mol. The number of aromatic amines is 1. The van der Waals surface area contributed by atoms with Gasteiger partial charge in [0, 0.05) is 42.7 Å². The highest BCUT2D eigenvalue weighted by Crippen LogP contribution is 2.52. The zero-order valence-corrected chi connectivity index (χ0v) is 15.1. The van der Waals surface area contributed by atoms with Crippen LogP contribution in [0.4, 0.5) is 4.39 Å². The molecular formula is C21H25FN2O2. The molecule has 1 aromatic carbocycles.